The normalized spacial score (nSPS) is 11.4. The number of rotatable bonds is 8. The number of hydrogen-bond donors (Lipinski definition) is 2. The molecule has 3 rings (SSSR count). The average Bonchev–Trinajstić information content (AvgIpc) is 2.76. The predicted molar refractivity (Wildman–Crippen MR) is 122 cm³/mol. The molecule has 1 atom stereocenters. The molecule has 0 radical (unpaired) electrons. The highest BCUT2D eigenvalue weighted by Crippen LogP contribution is 2.26. The molecule has 6 heteroatoms. The summed E-state index contributed by atoms with van der Waals surface area (Å²) in [5.41, 5.74) is 2.40. The molecule has 0 spiro atoms. The third kappa shape index (κ3) is 6.39. The summed E-state index contributed by atoms with van der Waals surface area (Å²) in [4.78, 5) is 25.6. The fraction of sp³-hybridized carbons (Fsp3) is 0.167. The van der Waals surface area contributed by atoms with Crippen molar-refractivity contribution in [3.8, 4) is 5.75 Å². The first kappa shape index (κ1) is 21.5. The molecule has 0 bridgehead atoms. The largest absolute Gasteiger partial charge is 0.497 e. The molecule has 0 fully saturated rings. The highest BCUT2D eigenvalue weighted by molar-refractivity contribution is 8.00. The lowest BCUT2D eigenvalue weighted by atomic mass is 10.1. The number of methoxy groups -OCH3 is 1. The van der Waals surface area contributed by atoms with Gasteiger partial charge in [-0.25, -0.2) is 0 Å². The molecule has 2 N–H and O–H groups in total. The SMILES string of the molecule is COc1cccc(NC(=O)C(C)Sc2ccc(NC(=O)Cc3ccccc3)cc2)c1. The number of anilines is 2. The summed E-state index contributed by atoms with van der Waals surface area (Å²) in [6.07, 6.45) is 0.332. The van der Waals surface area contributed by atoms with Crippen molar-refractivity contribution in [3.05, 3.63) is 84.4 Å². The van der Waals surface area contributed by atoms with Crippen LogP contribution >= 0.6 is 11.8 Å². The minimum atomic E-state index is -0.283. The van der Waals surface area contributed by atoms with Gasteiger partial charge in [-0.15, -0.1) is 11.8 Å². The first-order chi connectivity index (χ1) is 14.5. The standard InChI is InChI=1S/C24H24N2O3S/c1-17(24(28)26-20-9-6-10-21(16-20)29-2)30-22-13-11-19(12-14-22)25-23(27)15-18-7-4-3-5-8-18/h3-14,16-17H,15H2,1-2H3,(H,25,27)(H,26,28). The zero-order chi connectivity index (χ0) is 21.3. The summed E-state index contributed by atoms with van der Waals surface area (Å²) in [5.74, 6) is 0.541. The summed E-state index contributed by atoms with van der Waals surface area (Å²) >= 11 is 1.46. The van der Waals surface area contributed by atoms with E-state index in [1.165, 1.54) is 11.8 Å². The van der Waals surface area contributed by atoms with Crippen LogP contribution < -0.4 is 15.4 Å². The highest BCUT2D eigenvalue weighted by Gasteiger charge is 2.15. The zero-order valence-corrected chi connectivity index (χ0v) is 17.7. The Hall–Kier alpha value is -3.25. The molecule has 3 aromatic rings. The number of benzene rings is 3. The average molecular weight is 421 g/mol. The monoisotopic (exact) mass is 420 g/mol. The van der Waals surface area contributed by atoms with Crippen LogP contribution in [0.25, 0.3) is 0 Å². The Balaban J connectivity index is 1.51. The van der Waals surface area contributed by atoms with Gasteiger partial charge in [0, 0.05) is 22.3 Å². The lowest BCUT2D eigenvalue weighted by molar-refractivity contribution is -0.116. The molecule has 1 unspecified atom stereocenters. The van der Waals surface area contributed by atoms with Crippen LogP contribution in [0, 0.1) is 0 Å². The van der Waals surface area contributed by atoms with Crippen molar-refractivity contribution < 1.29 is 14.3 Å². The molecule has 0 aliphatic carbocycles. The van der Waals surface area contributed by atoms with Crippen LogP contribution in [0.2, 0.25) is 0 Å². The topological polar surface area (TPSA) is 67.4 Å². The highest BCUT2D eigenvalue weighted by atomic mass is 32.2. The fourth-order valence-electron chi connectivity index (χ4n) is 2.81. The van der Waals surface area contributed by atoms with Crippen LogP contribution in [-0.4, -0.2) is 24.2 Å². The minimum Gasteiger partial charge on any atom is -0.497 e. The molecular formula is C24H24N2O3S. The van der Waals surface area contributed by atoms with E-state index in [-0.39, 0.29) is 17.1 Å². The Bertz CT molecular complexity index is 991. The Labute approximate surface area is 180 Å². The van der Waals surface area contributed by atoms with Crippen LogP contribution in [0.1, 0.15) is 12.5 Å². The maximum absolute atomic E-state index is 12.5. The first-order valence-electron chi connectivity index (χ1n) is 9.59. The third-order valence-corrected chi connectivity index (χ3v) is 5.48. The Kier molecular flexibility index (Phi) is 7.51. The molecule has 0 saturated heterocycles. The van der Waals surface area contributed by atoms with Crippen LogP contribution in [-0.2, 0) is 16.0 Å². The molecule has 30 heavy (non-hydrogen) atoms. The van der Waals surface area contributed by atoms with E-state index >= 15 is 0 Å². The number of amides is 2. The van der Waals surface area contributed by atoms with Gasteiger partial charge in [-0.05, 0) is 48.9 Å². The maximum Gasteiger partial charge on any atom is 0.237 e. The van der Waals surface area contributed by atoms with Crippen molar-refractivity contribution in [1.82, 2.24) is 0 Å². The van der Waals surface area contributed by atoms with E-state index in [0.29, 0.717) is 17.9 Å². The summed E-state index contributed by atoms with van der Waals surface area (Å²) in [6.45, 7) is 1.86. The van der Waals surface area contributed by atoms with E-state index in [0.717, 1.165) is 16.1 Å². The quantitative estimate of drug-likeness (QED) is 0.504. The van der Waals surface area contributed by atoms with Crippen molar-refractivity contribution in [1.29, 1.82) is 0 Å². The minimum absolute atomic E-state index is 0.0624. The van der Waals surface area contributed by atoms with Gasteiger partial charge in [-0.3, -0.25) is 9.59 Å². The molecule has 0 aliphatic rings. The second kappa shape index (κ2) is 10.5. The van der Waals surface area contributed by atoms with E-state index in [2.05, 4.69) is 10.6 Å². The lowest BCUT2D eigenvalue weighted by Gasteiger charge is -2.13. The molecule has 154 valence electrons. The van der Waals surface area contributed by atoms with E-state index in [1.54, 1.807) is 13.2 Å². The van der Waals surface area contributed by atoms with Crippen molar-refractivity contribution in [2.24, 2.45) is 0 Å². The zero-order valence-electron chi connectivity index (χ0n) is 16.9. The number of hydrogen-bond acceptors (Lipinski definition) is 4. The van der Waals surface area contributed by atoms with Gasteiger partial charge in [-0.2, -0.15) is 0 Å². The summed E-state index contributed by atoms with van der Waals surface area (Å²) in [7, 11) is 1.59. The number of nitrogens with one attached hydrogen (secondary N) is 2. The van der Waals surface area contributed by atoms with E-state index < -0.39 is 0 Å². The molecule has 2 amide bonds. The molecule has 0 aromatic heterocycles. The number of ether oxygens (including phenoxy) is 1. The van der Waals surface area contributed by atoms with Crippen LogP contribution in [0.3, 0.4) is 0 Å². The van der Waals surface area contributed by atoms with Gasteiger partial charge < -0.3 is 15.4 Å². The molecule has 3 aromatic carbocycles. The summed E-state index contributed by atoms with van der Waals surface area (Å²) < 4.78 is 5.18. The van der Waals surface area contributed by atoms with E-state index in [4.69, 9.17) is 4.74 Å². The molecular weight excluding hydrogens is 396 g/mol. The summed E-state index contributed by atoms with van der Waals surface area (Å²) in [5, 5.41) is 5.52. The van der Waals surface area contributed by atoms with E-state index in [1.807, 2.05) is 79.7 Å². The molecule has 0 saturated carbocycles. The second-order valence-corrected chi connectivity index (χ2v) is 8.13. The van der Waals surface area contributed by atoms with Gasteiger partial charge >= 0.3 is 0 Å². The van der Waals surface area contributed by atoms with Crippen LogP contribution in [0.15, 0.2) is 83.8 Å². The fourth-order valence-corrected chi connectivity index (χ4v) is 3.67. The third-order valence-electron chi connectivity index (χ3n) is 4.36. The van der Waals surface area contributed by atoms with E-state index in [9.17, 15) is 9.59 Å². The predicted octanol–water partition coefficient (Wildman–Crippen LogP) is 5.00. The lowest BCUT2D eigenvalue weighted by Crippen LogP contribution is -2.22. The molecule has 0 heterocycles. The smallest absolute Gasteiger partial charge is 0.237 e. The Morgan fingerprint density at radius 2 is 1.63 bits per heavy atom. The number of carbonyl (C=O) groups is 2. The van der Waals surface area contributed by atoms with Gasteiger partial charge in [-0.1, -0.05) is 36.4 Å². The summed E-state index contributed by atoms with van der Waals surface area (Å²) in [6, 6.07) is 24.4. The number of carbonyl (C=O) groups excluding carboxylic acids is 2. The Morgan fingerprint density at radius 1 is 0.900 bits per heavy atom. The first-order valence-corrected chi connectivity index (χ1v) is 10.5. The van der Waals surface area contributed by atoms with Gasteiger partial charge in [0.15, 0.2) is 0 Å². The van der Waals surface area contributed by atoms with Gasteiger partial charge in [0.2, 0.25) is 11.8 Å². The maximum atomic E-state index is 12.5. The van der Waals surface area contributed by atoms with Crippen LogP contribution in [0.4, 0.5) is 11.4 Å². The van der Waals surface area contributed by atoms with Crippen LogP contribution in [0.5, 0.6) is 5.75 Å². The molecule has 5 nitrogen and oxygen atoms in total. The van der Waals surface area contributed by atoms with Gasteiger partial charge in [0.1, 0.15) is 5.75 Å². The van der Waals surface area contributed by atoms with Gasteiger partial charge in [0.05, 0.1) is 18.8 Å². The van der Waals surface area contributed by atoms with Crippen molar-refractivity contribution >= 4 is 35.0 Å². The van der Waals surface area contributed by atoms with Crippen molar-refractivity contribution in [2.75, 3.05) is 17.7 Å². The van der Waals surface area contributed by atoms with Crippen molar-refractivity contribution in [2.45, 2.75) is 23.5 Å². The number of thioether (sulfide) groups is 1. The Morgan fingerprint density at radius 3 is 2.33 bits per heavy atom. The van der Waals surface area contributed by atoms with Crippen molar-refractivity contribution in [3.63, 3.8) is 0 Å². The van der Waals surface area contributed by atoms with Gasteiger partial charge in [0.25, 0.3) is 0 Å². The second-order valence-electron chi connectivity index (χ2n) is 6.72. The molecule has 0 aliphatic heterocycles.